The van der Waals surface area contributed by atoms with Gasteiger partial charge in [0.25, 0.3) is 0 Å². The summed E-state index contributed by atoms with van der Waals surface area (Å²) in [6, 6.07) is -1.39. The predicted octanol–water partition coefficient (Wildman–Crippen LogP) is 8.20. The van der Waals surface area contributed by atoms with Crippen LogP contribution >= 0.6 is 0 Å². The van der Waals surface area contributed by atoms with E-state index in [9.17, 15) is 19.2 Å². The van der Waals surface area contributed by atoms with E-state index in [1.54, 1.807) is 0 Å². The number of rotatable bonds is 32. The number of ether oxygens (including phenoxy) is 1. The number of hydrogen-bond donors (Lipinski definition) is 4. The highest BCUT2D eigenvalue weighted by atomic mass is 16.5. The molecule has 2 atom stereocenters. The topological polar surface area (TPSA) is 142 Å². The number of esters is 1. The first-order chi connectivity index (χ1) is 23.8. The summed E-state index contributed by atoms with van der Waals surface area (Å²) in [5, 5.41) is 22.4. The van der Waals surface area contributed by atoms with Crippen molar-refractivity contribution in [2.45, 2.75) is 154 Å². The van der Waals surface area contributed by atoms with Crippen LogP contribution in [0.25, 0.3) is 0 Å². The van der Waals surface area contributed by atoms with Crippen molar-refractivity contribution in [1.29, 1.82) is 0 Å². The van der Waals surface area contributed by atoms with Crippen molar-refractivity contribution in [3.8, 4) is 0 Å². The van der Waals surface area contributed by atoms with E-state index in [0.29, 0.717) is 12.8 Å². The summed E-state index contributed by atoms with van der Waals surface area (Å²) >= 11 is 0. The normalized spacial score (nSPS) is 13.2. The molecule has 0 heterocycles. The van der Waals surface area contributed by atoms with Crippen LogP contribution in [-0.4, -0.2) is 59.3 Å². The van der Waals surface area contributed by atoms with Crippen molar-refractivity contribution in [3.63, 3.8) is 0 Å². The first kappa shape index (κ1) is 45.5. The lowest BCUT2D eigenvalue weighted by atomic mass is 10.0. The maximum Gasteiger partial charge on any atom is 0.328 e. The Labute approximate surface area is 296 Å². The summed E-state index contributed by atoms with van der Waals surface area (Å²) in [4.78, 5) is 47.1. The number of aliphatic carboxylic acids is 1. The summed E-state index contributed by atoms with van der Waals surface area (Å²) in [6.45, 7) is 3.20. The molecule has 0 saturated heterocycles. The van der Waals surface area contributed by atoms with Crippen LogP contribution in [0.15, 0.2) is 60.8 Å². The second-order valence-electron chi connectivity index (χ2n) is 12.3. The number of carboxylic acids is 1. The molecular formula is C40H66N2O7. The molecule has 4 N–H and O–H groups in total. The number of aliphatic hydroxyl groups excluding tert-OH is 1. The van der Waals surface area contributed by atoms with Crippen molar-refractivity contribution >= 4 is 23.8 Å². The Morgan fingerprint density at radius 1 is 0.633 bits per heavy atom. The molecule has 0 aromatic heterocycles. The molecule has 9 nitrogen and oxygen atoms in total. The summed E-state index contributed by atoms with van der Waals surface area (Å²) in [5.74, 6) is -2.44. The molecule has 0 spiro atoms. The van der Waals surface area contributed by atoms with Gasteiger partial charge in [-0.2, -0.15) is 0 Å². The summed E-state index contributed by atoms with van der Waals surface area (Å²) < 4.78 is 5.80. The van der Waals surface area contributed by atoms with Gasteiger partial charge in [-0.05, 0) is 77.0 Å². The van der Waals surface area contributed by atoms with Crippen LogP contribution < -0.4 is 10.6 Å². The molecule has 0 aromatic carbocycles. The number of hydrogen-bond acceptors (Lipinski definition) is 6. The molecule has 0 aromatic rings. The Morgan fingerprint density at radius 2 is 1.16 bits per heavy atom. The van der Waals surface area contributed by atoms with E-state index in [-0.39, 0.29) is 30.9 Å². The molecule has 0 aliphatic rings. The van der Waals surface area contributed by atoms with E-state index in [2.05, 4.69) is 85.2 Å². The molecule has 0 rings (SSSR count). The van der Waals surface area contributed by atoms with Crippen LogP contribution in [0.3, 0.4) is 0 Å². The number of carbonyl (C=O) groups is 4. The molecule has 278 valence electrons. The van der Waals surface area contributed by atoms with Crippen LogP contribution in [0.4, 0.5) is 0 Å². The molecule has 0 aliphatic carbocycles. The van der Waals surface area contributed by atoms with Gasteiger partial charge in [0.1, 0.15) is 12.1 Å². The van der Waals surface area contributed by atoms with Gasteiger partial charge < -0.3 is 25.6 Å². The van der Waals surface area contributed by atoms with E-state index in [4.69, 9.17) is 14.9 Å². The van der Waals surface area contributed by atoms with Crippen LogP contribution in [0.5, 0.6) is 0 Å². The fourth-order valence-electron chi connectivity index (χ4n) is 4.90. The molecule has 9 heteroatoms. The SMILES string of the molecule is CC/C=C\C/C=C\C/C=C\C/C=C\C/C=C\CCCCCCCC(=O)OC(CCCC)CCCCCC(=O)NCC(=O)NC(CO)C(=O)O. The standard InChI is InChI=1S/C40H66N2O7/c1-3-5-7-8-9-10-11-12-13-14-15-16-17-18-19-20-21-22-23-24-28-32-39(46)49-35(29-6-4-2)30-26-25-27-31-37(44)41-33-38(45)42-36(34-43)40(47)48/h5,7,9-10,12-13,15-16,18-19,35-36,43H,3-4,6,8,11,14,17,20-34H2,1-2H3,(H,41,44)(H,42,45)(H,47,48)/b7-5-,10-9-,13-12-,16-15-,19-18-. The number of nitrogens with one attached hydrogen (secondary N) is 2. The minimum atomic E-state index is -1.39. The molecule has 0 aliphatic heterocycles. The van der Waals surface area contributed by atoms with E-state index in [1.807, 2.05) is 0 Å². The van der Waals surface area contributed by atoms with Crippen LogP contribution in [0.2, 0.25) is 0 Å². The smallest absolute Gasteiger partial charge is 0.328 e. The van der Waals surface area contributed by atoms with Crippen LogP contribution in [0.1, 0.15) is 142 Å². The number of aliphatic hydroxyl groups is 1. The Hall–Kier alpha value is -3.46. The third-order valence-electron chi connectivity index (χ3n) is 7.78. The lowest BCUT2D eigenvalue weighted by Crippen LogP contribution is -2.47. The third kappa shape index (κ3) is 31.6. The third-order valence-corrected chi connectivity index (χ3v) is 7.78. The summed E-state index contributed by atoms with van der Waals surface area (Å²) in [5.41, 5.74) is 0. The molecule has 0 radical (unpaired) electrons. The van der Waals surface area contributed by atoms with Crippen molar-refractivity contribution in [3.05, 3.63) is 60.8 Å². The van der Waals surface area contributed by atoms with Gasteiger partial charge in [-0.25, -0.2) is 4.79 Å². The molecular weight excluding hydrogens is 620 g/mol. The largest absolute Gasteiger partial charge is 0.480 e. The molecule has 0 fully saturated rings. The molecule has 49 heavy (non-hydrogen) atoms. The molecule has 2 amide bonds. The number of carboxylic acid groups (broad SMARTS) is 1. The zero-order chi connectivity index (χ0) is 36.2. The first-order valence-electron chi connectivity index (χ1n) is 18.7. The van der Waals surface area contributed by atoms with Crippen molar-refractivity contribution in [2.24, 2.45) is 0 Å². The van der Waals surface area contributed by atoms with Gasteiger partial charge in [0.05, 0.1) is 13.2 Å². The number of carbonyl (C=O) groups excluding carboxylic acids is 3. The monoisotopic (exact) mass is 686 g/mol. The van der Waals surface area contributed by atoms with E-state index < -0.39 is 24.5 Å². The fraction of sp³-hybridized carbons (Fsp3) is 0.650. The Morgan fingerprint density at radius 3 is 1.76 bits per heavy atom. The summed E-state index contributed by atoms with van der Waals surface area (Å²) in [7, 11) is 0. The van der Waals surface area contributed by atoms with Gasteiger partial charge in [0, 0.05) is 12.8 Å². The average Bonchev–Trinajstić information content (AvgIpc) is 3.08. The quantitative estimate of drug-likeness (QED) is 0.0318. The van der Waals surface area contributed by atoms with E-state index in [0.717, 1.165) is 96.3 Å². The molecule has 0 saturated carbocycles. The maximum atomic E-state index is 12.5. The lowest BCUT2D eigenvalue weighted by Gasteiger charge is -2.18. The number of unbranched alkanes of at least 4 members (excludes halogenated alkanes) is 8. The summed E-state index contributed by atoms with van der Waals surface area (Å²) in [6.07, 6.45) is 40.2. The van der Waals surface area contributed by atoms with E-state index in [1.165, 1.54) is 12.8 Å². The van der Waals surface area contributed by atoms with Gasteiger partial charge in [-0.1, -0.05) is 113 Å². The van der Waals surface area contributed by atoms with Crippen LogP contribution in [0, 0.1) is 0 Å². The van der Waals surface area contributed by atoms with Crippen molar-refractivity contribution in [1.82, 2.24) is 10.6 Å². The second-order valence-corrected chi connectivity index (χ2v) is 12.3. The highest BCUT2D eigenvalue weighted by Gasteiger charge is 2.19. The minimum absolute atomic E-state index is 0.0952. The Bertz CT molecular complexity index is 1020. The lowest BCUT2D eigenvalue weighted by molar-refractivity contribution is -0.150. The van der Waals surface area contributed by atoms with Crippen LogP contribution in [-0.2, 0) is 23.9 Å². The first-order valence-corrected chi connectivity index (χ1v) is 18.7. The molecule has 0 bridgehead atoms. The number of amides is 2. The molecule has 2 unspecified atom stereocenters. The average molecular weight is 687 g/mol. The van der Waals surface area contributed by atoms with Crippen molar-refractivity contribution in [2.75, 3.05) is 13.2 Å². The van der Waals surface area contributed by atoms with Gasteiger partial charge in [-0.3, -0.25) is 14.4 Å². The second kappa shape index (κ2) is 34.4. The maximum absolute atomic E-state index is 12.5. The Kier molecular flexibility index (Phi) is 32.0. The predicted molar refractivity (Wildman–Crippen MR) is 199 cm³/mol. The van der Waals surface area contributed by atoms with Gasteiger partial charge in [0.15, 0.2) is 0 Å². The fourth-order valence-corrected chi connectivity index (χ4v) is 4.90. The zero-order valence-electron chi connectivity index (χ0n) is 30.4. The highest BCUT2D eigenvalue weighted by Crippen LogP contribution is 2.16. The van der Waals surface area contributed by atoms with Crippen molar-refractivity contribution < 1.29 is 34.1 Å². The van der Waals surface area contributed by atoms with Gasteiger partial charge in [0.2, 0.25) is 11.8 Å². The van der Waals surface area contributed by atoms with Gasteiger partial charge >= 0.3 is 11.9 Å². The highest BCUT2D eigenvalue weighted by molar-refractivity contribution is 5.87. The van der Waals surface area contributed by atoms with Gasteiger partial charge in [-0.15, -0.1) is 0 Å². The Balaban J connectivity index is 3.92. The van der Waals surface area contributed by atoms with E-state index >= 15 is 0 Å². The number of allylic oxidation sites excluding steroid dienone is 10. The minimum Gasteiger partial charge on any atom is -0.480 e. The zero-order valence-corrected chi connectivity index (χ0v) is 30.4.